The maximum atomic E-state index is 9.26. The average Bonchev–Trinajstić information content (AvgIpc) is 3.07. The number of rotatable bonds is 0. The molecule has 0 fully saturated rings. The lowest BCUT2D eigenvalue weighted by Gasteiger charge is -2.03. The fraction of sp³-hybridized carbons (Fsp3) is 0. The van der Waals surface area contributed by atoms with E-state index in [1.54, 1.807) is 24.3 Å². The van der Waals surface area contributed by atoms with E-state index >= 15 is 0 Å². The molecule has 0 bridgehead atoms. The molecule has 23 heavy (non-hydrogen) atoms. The Morgan fingerprint density at radius 2 is 1.35 bits per heavy atom. The second kappa shape index (κ2) is 5.54. The SMILES string of the molecule is [C-]#[N+]/C(C#N)=c1\c2ccccc2/c(=C(/C#N)[N+]#[C-])c2nsnc12. The van der Waals surface area contributed by atoms with E-state index in [9.17, 15) is 10.5 Å². The highest BCUT2D eigenvalue weighted by Gasteiger charge is 2.14. The lowest BCUT2D eigenvalue weighted by Crippen LogP contribution is -2.17. The molecule has 3 rings (SSSR count). The molecule has 0 N–H and O–H groups in total. The maximum absolute atomic E-state index is 9.26. The summed E-state index contributed by atoms with van der Waals surface area (Å²) in [7, 11) is 0. The third-order valence-corrected chi connectivity index (χ3v) is 3.87. The van der Waals surface area contributed by atoms with Gasteiger partial charge in [-0.05, 0) is 10.8 Å². The Kier molecular flexibility index (Phi) is 3.41. The van der Waals surface area contributed by atoms with Gasteiger partial charge in [-0.3, -0.25) is 0 Å². The minimum absolute atomic E-state index is 0.0910. The number of hydrogen-bond donors (Lipinski definition) is 0. The molecule has 7 heteroatoms. The highest BCUT2D eigenvalue weighted by molar-refractivity contribution is 7.00. The molecule has 0 saturated heterocycles. The van der Waals surface area contributed by atoms with E-state index in [1.807, 2.05) is 12.1 Å². The van der Waals surface area contributed by atoms with Crippen molar-refractivity contribution in [3.8, 4) is 12.1 Å². The quantitative estimate of drug-likeness (QED) is 0.594. The Balaban J connectivity index is 2.92. The van der Waals surface area contributed by atoms with E-state index in [0.717, 1.165) is 11.7 Å². The van der Waals surface area contributed by atoms with Gasteiger partial charge in [0.2, 0.25) is 0 Å². The number of nitrogens with zero attached hydrogens (tertiary/aromatic N) is 6. The van der Waals surface area contributed by atoms with Crippen LogP contribution in [0.2, 0.25) is 0 Å². The van der Waals surface area contributed by atoms with Gasteiger partial charge in [0.05, 0.1) is 37.0 Å². The van der Waals surface area contributed by atoms with Crippen LogP contribution in [0.5, 0.6) is 0 Å². The number of benzene rings is 2. The van der Waals surface area contributed by atoms with Gasteiger partial charge >= 0.3 is 0 Å². The summed E-state index contributed by atoms with van der Waals surface area (Å²) in [6.45, 7) is 14.5. The molecule has 2 aromatic carbocycles. The lowest BCUT2D eigenvalue weighted by molar-refractivity contribution is 1.51. The molecule has 0 saturated carbocycles. The topological polar surface area (TPSA) is 82.1 Å². The summed E-state index contributed by atoms with van der Waals surface area (Å²) in [4.78, 5) is 6.56. The first kappa shape index (κ1) is 14.2. The highest BCUT2D eigenvalue weighted by Crippen LogP contribution is 2.15. The van der Waals surface area contributed by atoms with Crippen molar-refractivity contribution in [2.45, 2.75) is 0 Å². The van der Waals surface area contributed by atoms with Crippen LogP contribution >= 0.6 is 11.7 Å². The standard InChI is InChI=1S/C16H4N6S/c1-19-11(7-17)13-9-5-3-4-6-10(9)14(12(8-18)20-2)16-15(13)21-23-22-16/h3-6H/b13-11+,14-12+. The summed E-state index contributed by atoms with van der Waals surface area (Å²) in [6, 6.07) is 10.8. The van der Waals surface area contributed by atoms with Crippen molar-refractivity contribution >= 4 is 44.9 Å². The van der Waals surface area contributed by atoms with Crippen LogP contribution in [-0.2, 0) is 0 Å². The van der Waals surface area contributed by atoms with Crippen LogP contribution in [0.25, 0.3) is 42.9 Å². The number of aromatic nitrogens is 2. The summed E-state index contributed by atoms with van der Waals surface area (Å²) >= 11 is 0.917. The van der Waals surface area contributed by atoms with Gasteiger partial charge in [-0.1, -0.05) is 24.3 Å². The van der Waals surface area contributed by atoms with Gasteiger partial charge in [-0.15, -0.1) is 0 Å². The zero-order valence-electron chi connectivity index (χ0n) is 11.4. The zero-order chi connectivity index (χ0) is 16.4. The molecule has 0 amide bonds. The largest absolute Gasteiger partial charge is 0.271 e. The predicted molar refractivity (Wildman–Crippen MR) is 85.4 cm³/mol. The molecule has 1 heterocycles. The van der Waals surface area contributed by atoms with E-state index < -0.39 is 0 Å². The molecule has 6 nitrogen and oxygen atoms in total. The Morgan fingerprint density at radius 1 is 0.913 bits per heavy atom. The summed E-state index contributed by atoms with van der Waals surface area (Å²) in [5, 5.41) is 20.5. The van der Waals surface area contributed by atoms with Crippen LogP contribution in [0.4, 0.5) is 0 Å². The number of fused-ring (bicyclic) bond motifs is 2. The Morgan fingerprint density at radius 3 is 1.70 bits per heavy atom. The molecule has 104 valence electrons. The van der Waals surface area contributed by atoms with E-state index in [4.69, 9.17) is 13.1 Å². The second-order valence-electron chi connectivity index (χ2n) is 4.40. The Bertz CT molecular complexity index is 1130. The molecule has 0 spiro atoms. The van der Waals surface area contributed by atoms with Crippen LogP contribution in [0.3, 0.4) is 0 Å². The first-order chi connectivity index (χ1) is 11.3. The van der Waals surface area contributed by atoms with Gasteiger partial charge in [-0.2, -0.15) is 8.75 Å². The van der Waals surface area contributed by atoms with Crippen molar-refractivity contribution in [2.24, 2.45) is 0 Å². The van der Waals surface area contributed by atoms with Gasteiger partial charge in [0.25, 0.3) is 11.4 Å². The van der Waals surface area contributed by atoms with Crippen molar-refractivity contribution in [3.63, 3.8) is 0 Å². The Labute approximate surface area is 134 Å². The van der Waals surface area contributed by atoms with E-state index in [-0.39, 0.29) is 11.4 Å². The monoisotopic (exact) mass is 312 g/mol. The fourth-order valence-corrected chi connectivity index (χ4v) is 3.00. The molecular formula is C16H4N6S. The van der Waals surface area contributed by atoms with Crippen LogP contribution in [0.1, 0.15) is 0 Å². The first-order valence-electron chi connectivity index (χ1n) is 6.23. The molecule has 3 aromatic rings. The molecule has 0 unspecified atom stereocenters. The molecule has 0 atom stereocenters. The third-order valence-electron chi connectivity index (χ3n) is 3.34. The molecular weight excluding hydrogens is 308 g/mol. The van der Waals surface area contributed by atoms with Gasteiger partial charge in [-0.25, -0.2) is 20.2 Å². The Hall–Kier alpha value is -3.78. The van der Waals surface area contributed by atoms with Crippen molar-refractivity contribution in [2.75, 3.05) is 0 Å². The van der Waals surface area contributed by atoms with Gasteiger partial charge in [0, 0.05) is 10.4 Å². The fourth-order valence-electron chi connectivity index (χ4n) is 2.44. The van der Waals surface area contributed by atoms with Gasteiger partial charge in [0.15, 0.2) is 0 Å². The minimum atomic E-state index is -0.0910. The molecule has 0 radical (unpaired) electrons. The zero-order valence-corrected chi connectivity index (χ0v) is 12.2. The van der Waals surface area contributed by atoms with Gasteiger partial charge < -0.3 is 0 Å². The summed E-state index contributed by atoms with van der Waals surface area (Å²) < 4.78 is 8.37. The van der Waals surface area contributed by atoms with Crippen LogP contribution in [0, 0.1) is 35.8 Å². The lowest BCUT2D eigenvalue weighted by atomic mass is 10.0. The predicted octanol–water partition coefficient (Wildman–Crippen LogP) is 1.95. The van der Waals surface area contributed by atoms with Crippen LogP contribution in [-0.4, -0.2) is 8.75 Å². The summed E-state index contributed by atoms with van der Waals surface area (Å²) in [6.07, 6.45) is 0. The smallest absolute Gasteiger partial charge is 0.226 e. The summed E-state index contributed by atoms with van der Waals surface area (Å²) in [5.41, 5.74) is 0.554. The summed E-state index contributed by atoms with van der Waals surface area (Å²) in [5.74, 6) is 0. The normalized spacial score (nSPS) is 12.7. The maximum Gasteiger partial charge on any atom is 0.271 e. The van der Waals surface area contributed by atoms with Crippen LogP contribution < -0.4 is 10.4 Å². The molecule has 0 aliphatic heterocycles. The number of hydrogen-bond acceptors (Lipinski definition) is 5. The van der Waals surface area contributed by atoms with Crippen LogP contribution in [0.15, 0.2) is 24.3 Å². The third kappa shape index (κ3) is 1.98. The van der Waals surface area contributed by atoms with Crippen molar-refractivity contribution in [3.05, 3.63) is 57.5 Å². The van der Waals surface area contributed by atoms with E-state index in [1.165, 1.54) is 0 Å². The molecule has 0 aliphatic carbocycles. The van der Waals surface area contributed by atoms with E-state index in [0.29, 0.717) is 32.2 Å². The number of nitriles is 2. The highest BCUT2D eigenvalue weighted by atomic mass is 32.1. The minimum Gasteiger partial charge on any atom is -0.226 e. The van der Waals surface area contributed by atoms with Crippen molar-refractivity contribution in [1.82, 2.24) is 8.75 Å². The molecule has 0 aliphatic rings. The second-order valence-corrected chi connectivity index (χ2v) is 4.93. The average molecular weight is 312 g/mol. The van der Waals surface area contributed by atoms with E-state index in [2.05, 4.69) is 18.4 Å². The van der Waals surface area contributed by atoms with Gasteiger partial charge in [0.1, 0.15) is 11.0 Å². The van der Waals surface area contributed by atoms with Crippen molar-refractivity contribution in [1.29, 1.82) is 10.5 Å². The molecule has 1 aromatic heterocycles. The van der Waals surface area contributed by atoms with Crippen molar-refractivity contribution < 1.29 is 0 Å². The first-order valence-corrected chi connectivity index (χ1v) is 6.96.